The van der Waals surface area contributed by atoms with Gasteiger partial charge in [0.1, 0.15) is 12.1 Å². The first-order valence-electron chi connectivity index (χ1n) is 5.16. The van der Waals surface area contributed by atoms with Crippen molar-refractivity contribution >= 4 is 23.1 Å². The van der Waals surface area contributed by atoms with Crippen LogP contribution in [0.15, 0.2) is 24.5 Å². The van der Waals surface area contributed by atoms with Crippen molar-refractivity contribution in [2.24, 2.45) is 0 Å². The van der Waals surface area contributed by atoms with Crippen LogP contribution in [0.4, 0.5) is 15.9 Å². The second-order valence-electron chi connectivity index (χ2n) is 3.58. The van der Waals surface area contributed by atoms with Crippen molar-refractivity contribution in [3.63, 3.8) is 0 Å². The molecule has 0 bridgehead atoms. The lowest BCUT2D eigenvalue weighted by Crippen LogP contribution is -2.03. The largest absolute Gasteiger partial charge is 0.367 e. The monoisotopic (exact) mass is 282 g/mol. The van der Waals surface area contributed by atoms with Gasteiger partial charge in [-0.15, -0.1) is 0 Å². The second-order valence-corrected chi connectivity index (χ2v) is 4.02. The number of nitrogens with one attached hydrogen (secondary N) is 1. The zero-order valence-corrected chi connectivity index (χ0v) is 10.5. The third kappa shape index (κ3) is 2.60. The van der Waals surface area contributed by atoms with Gasteiger partial charge in [0.25, 0.3) is 0 Å². The Hall–Kier alpha value is -2.28. The van der Waals surface area contributed by atoms with Crippen LogP contribution in [0.3, 0.4) is 0 Å². The topological polar surface area (TPSA) is 81.0 Å². The van der Waals surface area contributed by atoms with Crippen LogP contribution in [-0.4, -0.2) is 21.9 Å². The molecule has 0 aliphatic heterocycles. The predicted octanol–water partition coefficient (Wildman–Crippen LogP) is 2.89. The lowest BCUT2D eigenvalue weighted by molar-refractivity contribution is -0.383. The average molecular weight is 283 g/mol. The molecule has 8 heteroatoms. The molecule has 0 unspecified atom stereocenters. The Morgan fingerprint density at radius 2 is 2.11 bits per heavy atom. The van der Waals surface area contributed by atoms with Gasteiger partial charge in [-0.1, -0.05) is 11.6 Å². The van der Waals surface area contributed by atoms with E-state index in [0.717, 1.165) is 18.5 Å². The van der Waals surface area contributed by atoms with Crippen LogP contribution in [-0.2, 0) is 0 Å². The Bertz CT molecular complexity index is 630. The lowest BCUT2D eigenvalue weighted by Gasteiger charge is -2.06. The highest BCUT2D eigenvalue weighted by molar-refractivity contribution is 6.30. The molecule has 0 aliphatic rings. The lowest BCUT2D eigenvalue weighted by atomic mass is 10.1. The van der Waals surface area contributed by atoms with E-state index in [-0.39, 0.29) is 27.8 Å². The number of nitrogens with zero attached hydrogens (tertiary/aromatic N) is 3. The molecule has 0 radical (unpaired) electrons. The molecule has 19 heavy (non-hydrogen) atoms. The number of anilines is 1. The van der Waals surface area contributed by atoms with Crippen molar-refractivity contribution in [2.75, 3.05) is 12.4 Å². The van der Waals surface area contributed by atoms with Crippen molar-refractivity contribution < 1.29 is 9.31 Å². The van der Waals surface area contributed by atoms with Crippen LogP contribution in [0.25, 0.3) is 11.3 Å². The van der Waals surface area contributed by atoms with Gasteiger partial charge in [0.05, 0.1) is 4.92 Å². The summed E-state index contributed by atoms with van der Waals surface area (Å²) in [6.45, 7) is 0. The zero-order chi connectivity index (χ0) is 14.0. The van der Waals surface area contributed by atoms with Gasteiger partial charge in [0, 0.05) is 17.6 Å². The maximum atomic E-state index is 13.3. The molecule has 1 N–H and O–H groups in total. The highest BCUT2D eigenvalue weighted by Gasteiger charge is 2.23. The molecule has 0 atom stereocenters. The number of hydrogen-bond acceptors (Lipinski definition) is 5. The Morgan fingerprint density at radius 1 is 1.37 bits per heavy atom. The van der Waals surface area contributed by atoms with Crippen molar-refractivity contribution in [3.8, 4) is 11.3 Å². The minimum Gasteiger partial charge on any atom is -0.367 e. The van der Waals surface area contributed by atoms with E-state index in [4.69, 9.17) is 11.6 Å². The molecule has 1 aromatic carbocycles. The molecule has 2 aromatic rings. The molecule has 0 amide bonds. The van der Waals surface area contributed by atoms with E-state index in [0.29, 0.717) is 0 Å². The molecule has 6 nitrogen and oxygen atoms in total. The molecule has 0 saturated heterocycles. The summed E-state index contributed by atoms with van der Waals surface area (Å²) in [6.07, 6.45) is 1.16. The van der Waals surface area contributed by atoms with Gasteiger partial charge in [-0.3, -0.25) is 10.1 Å². The van der Waals surface area contributed by atoms with Gasteiger partial charge in [-0.2, -0.15) is 0 Å². The number of benzene rings is 1. The smallest absolute Gasteiger partial charge is 0.337 e. The Kier molecular flexibility index (Phi) is 3.57. The van der Waals surface area contributed by atoms with E-state index < -0.39 is 10.7 Å². The molecule has 1 aromatic heterocycles. The van der Waals surface area contributed by atoms with Crippen molar-refractivity contribution in [1.82, 2.24) is 9.97 Å². The van der Waals surface area contributed by atoms with Gasteiger partial charge in [0.15, 0.2) is 5.69 Å². The van der Waals surface area contributed by atoms with E-state index in [2.05, 4.69) is 15.3 Å². The molecule has 0 fully saturated rings. The fraction of sp³-hybridized carbons (Fsp3) is 0.0909. The molecule has 98 valence electrons. The summed E-state index contributed by atoms with van der Waals surface area (Å²) in [7, 11) is 1.50. The van der Waals surface area contributed by atoms with Crippen LogP contribution in [0, 0.1) is 15.9 Å². The Balaban J connectivity index is 2.71. The summed E-state index contributed by atoms with van der Waals surface area (Å²) in [5.74, 6) is -0.545. The van der Waals surface area contributed by atoms with E-state index in [9.17, 15) is 14.5 Å². The summed E-state index contributed by atoms with van der Waals surface area (Å²) < 4.78 is 13.3. The van der Waals surface area contributed by atoms with Crippen LogP contribution in [0.5, 0.6) is 0 Å². The van der Waals surface area contributed by atoms with E-state index in [1.165, 1.54) is 13.1 Å². The zero-order valence-electron chi connectivity index (χ0n) is 9.72. The standard InChI is InChI=1S/C11H8ClFN4O2/c1-14-11-10(17(18)19)9(15-5-16-11)6-2-7(12)4-8(13)3-6/h2-5H,1H3,(H,14,15,16). The van der Waals surface area contributed by atoms with Crippen molar-refractivity contribution in [3.05, 3.63) is 45.5 Å². The van der Waals surface area contributed by atoms with Crippen molar-refractivity contribution in [2.45, 2.75) is 0 Å². The summed E-state index contributed by atoms with van der Waals surface area (Å²) >= 11 is 5.74. The average Bonchev–Trinajstić information content (AvgIpc) is 2.36. The minimum atomic E-state index is -0.625. The maximum absolute atomic E-state index is 13.3. The molecule has 0 spiro atoms. The summed E-state index contributed by atoms with van der Waals surface area (Å²) in [4.78, 5) is 18.1. The van der Waals surface area contributed by atoms with Gasteiger partial charge < -0.3 is 5.32 Å². The second kappa shape index (κ2) is 5.15. The van der Waals surface area contributed by atoms with E-state index >= 15 is 0 Å². The van der Waals surface area contributed by atoms with Gasteiger partial charge >= 0.3 is 5.69 Å². The van der Waals surface area contributed by atoms with Crippen LogP contribution >= 0.6 is 11.6 Å². The number of nitro groups is 1. The highest BCUT2D eigenvalue weighted by Crippen LogP contribution is 2.33. The predicted molar refractivity (Wildman–Crippen MR) is 68.6 cm³/mol. The number of aromatic nitrogens is 2. The number of halogens is 2. The van der Waals surface area contributed by atoms with Crippen LogP contribution in [0.2, 0.25) is 5.02 Å². The van der Waals surface area contributed by atoms with E-state index in [1.807, 2.05) is 0 Å². The maximum Gasteiger partial charge on any atom is 0.337 e. The first kappa shape index (κ1) is 13.2. The van der Waals surface area contributed by atoms with Gasteiger partial charge in [-0.05, 0) is 18.2 Å². The normalized spacial score (nSPS) is 10.3. The molecular weight excluding hydrogens is 275 g/mol. The first-order valence-corrected chi connectivity index (χ1v) is 5.54. The SMILES string of the molecule is CNc1ncnc(-c2cc(F)cc(Cl)c2)c1[N+](=O)[O-]. The Morgan fingerprint density at radius 3 is 2.68 bits per heavy atom. The van der Waals surface area contributed by atoms with Crippen molar-refractivity contribution in [1.29, 1.82) is 0 Å². The number of rotatable bonds is 3. The van der Waals surface area contributed by atoms with Crippen LogP contribution < -0.4 is 5.32 Å². The molecule has 0 saturated carbocycles. The first-order chi connectivity index (χ1) is 9.02. The molecule has 1 heterocycles. The fourth-order valence-electron chi connectivity index (χ4n) is 1.64. The third-order valence-corrected chi connectivity index (χ3v) is 2.60. The van der Waals surface area contributed by atoms with Gasteiger partial charge in [0.2, 0.25) is 5.82 Å². The number of hydrogen-bond donors (Lipinski definition) is 1. The highest BCUT2D eigenvalue weighted by atomic mass is 35.5. The summed E-state index contributed by atoms with van der Waals surface area (Å²) in [5, 5.41) is 13.8. The molecule has 2 rings (SSSR count). The molecule has 0 aliphatic carbocycles. The third-order valence-electron chi connectivity index (χ3n) is 2.38. The summed E-state index contributed by atoms with van der Waals surface area (Å²) in [6, 6.07) is 3.64. The van der Waals surface area contributed by atoms with Gasteiger partial charge in [-0.25, -0.2) is 14.4 Å². The van der Waals surface area contributed by atoms with Crippen LogP contribution in [0.1, 0.15) is 0 Å². The van der Waals surface area contributed by atoms with E-state index in [1.54, 1.807) is 0 Å². The molecular formula is C11H8ClFN4O2. The Labute approximate surface area is 112 Å². The fourth-order valence-corrected chi connectivity index (χ4v) is 1.86. The quantitative estimate of drug-likeness (QED) is 0.691. The minimum absolute atomic E-state index is 0.00532. The summed E-state index contributed by atoms with van der Waals surface area (Å²) in [5.41, 5.74) is -0.104.